The number of benzene rings is 2. The Morgan fingerprint density at radius 2 is 1.82 bits per heavy atom. The Morgan fingerprint density at radius 3 is 2.55 bits per heavy atom. The summed E-state index contributed by atoms with van der Waals surface area (Å²) in [6.45, 7) is 0.817. The van der Waals surface area contributed by atoms with Crippen molar-refractivity contribution < 1.29 is 12.8 Å². The monoisotopic (exact) mass is 465 g/mol. The topological polar surface area (TPSA) is 88.9 Å². The first kappa shape index (κ1) is 22.6. The van der Waals surface area contributed by atoms with Crippen molar-refractivity contribution in [3.05, 3.63) is 90.6 Å². The van der Waals surface area contributed by atoms with Gasteiger partial charge in [0.1, 0.15) is 5.82 Å². The SMILES string of the molecule is CNS(=O)(=O)CCNc1ccc(-c2ccc(F)cc2)cc1-c1ccn(Cc2cccnc2)n1. The van der Waals surface area contributed by atoms with Gasteiger partial charge in [-0.25, -0.2) is 17.5 Å². The molecule has 0 spiro atoms. The predicted octanol–water partition coefficient (Wildman–Crippen LogP) is 3.76. The summed E-state index contributed by atoms with van der Waals surface area (Å²) in [6, 6.07) is 17.8. The number of rotatable bonds is 9. The molecular formula is C24H24FN5O2S. The Labute approximate surface area is 192 Å². The van der Waals surface area contributed by atoms with Crippen LogP contribution in [-0.2, 0) is 16.6 Å². The second kappa shape index (κ2) is 9.93. The molecule has 2 aromatic carbocycles. The smallest absolute Gasteiger partial charge is 0.213 e. The van der Waals surface area contributed by atoms with E-state index < -0.39 is 10.0 Å². The van der Waals surface area contributed by atoms with Crippen molar-refractivity contribution in [3.63, 3.8) is 0 Å². The highest BCUT2D eigenvalue weighted by molar-refractivity contribution is 7.89. The van der Waals surface area contributed by atoms with Crippen molar-refractivity contribution in [3.8, 4) is 22.4 Å². The number of hydrogen-bond acceptors (Lipinski definition) is 5. The molecule has 170 valence electrons. The summed E-state index contributed by atoms with van der Waals surface area (Å²) in [5.74, 6) is -0.352. The fourth-order valence-corrected chi connectivity index (χ4v) is 4.00. The molecule has 4 rings (SSSR count). The molecule has 0 saturated carbocycles. The van der Waals surface area contributed by atoms with Gasteiger partial charge in [0.05, 0.1) is 18.0 Å². The Morgan fingerprint density at radius 1 is 1.03 bits per heavy atom. The molecule has 9 heteroatoms. The van der Waals surface area contributed by atoms with E-state index in [0.717, 1.165) is 33.6 Å². The molecule has 7 nitrogen and oxygen atoms in total. The van der Waals surface area contributed by atoms with Crippen LogP contribution in [0.5, 0.6) is 0 Å². The van der Waals surface area contributed by atoms with Gasteiger partial charge in [0.25, 0.3) is 0 Å². The molecule has 2 aromatic heterocycles. The lowest BCUT2D eigenvalue weighted by Gasteiger charge is -2.13. The maximum absolute atomic E-state index is 13.4. The minimum absolute atomic E-state index is 0.0574. The summed E-state index contributed by atoms with van der Waals surface area (Å²) in [4.78, 5) is 4.14. The number of sulfonamides is 1. The number of nitrogens with one attached hydrogen (secondary N) is 2. The van der Waals surface area contributed by atoms with Crippen LogP contribution in [0.3, 0.4) is 0 Å². The lowest BCUT2D eigenvalue weighted by atomic mass is 10.00. The first-order valence-electron chi connectivity index (χ1n) is 10.4. The van der Waals surface area contributed by atoms with Crippen LogP contribution in [0.1, 0.15) is 5.56 Å². The molecule has 0 atom stereocenters. The van der Waals surface area contributed by atoms with Gasteiger partial charge in [-0.2, -0.15) is 5.10 Å². The molecule has 0 aliphatic rings. The van der Waals surface area contributed by atoms with E-state index in [1.807, 2.05) is 47.3 Å². The van der Waals surface area contributed by atoms with Crippen molar-refractivity contribution in [1.82, 2.24) is 19.5 Å². The minimum Gasteiger partial charge on any atom is -0.383 e. The van der Waals surface area contributed by atoms with E-state index in [-0.39, 0.29) is 18.1 Å². The summed E-state index contributed by atoms with van der Waals surface area (Å²) in [5, 5.41) is 7.93. The van der Waals surface area contributed by atoms with Gasteiger partial charge in [-0.05, 0) is 60.1 Å². The lowest BCUT2D eigenvalue weighted by molar-refractivity contribution is 0.588. The van der Waals surface area contributed by atoms with Crippen LogP contribution >= 0.6 is 0 Å². The van der Waals surface area contributed by atoms with Gasteiger partial charge in [0.2, 0.25) is 10.0 Å². The summed E-state index contributed by atoms with van der Waals surface area (Å²) in [6.07, 6.45) is 5.42. The largest absolute Gasteiger partial charge is 0.383 e. The first-order valence-corrected chi connectivity index (χ1v) is 12.1. The summed E-state index contributed by atoms with van der Waals surface area (Å²) in [7, 11) is -1.93. The summed E-state index contributed by atoms with van der Waals surface area (Å²) < 4.78 is 41.1. The average Bonchev–Trinajstić information content (AvgIpc) is 3.28. The van der Waals surface area contributed by atoms with Gasteiger partial charge in [-0.1, -0.05) is 24.3 Å². The maximum atomic E-state index is 13.4. The Balaban J connectivity index is 1.65. The van der Waals surface area contributed by atoms with Crippen molar-refractivity contribution in [2.24, 2.45) is 0 Å². The lowest BCUT2D eigenvalue weighted by Crippen LogP contribution is -2.26. The van der Waals surface area contributed by atoms with E-state index in [2.05, 4.69) is 15.0 Å². The molecule has 0 radical (unpaired) electrons. The number of halogens is 1. The van der Waals surface area contributed by atoms with Gasteiger partial charge in [0, 0.05) is 36.4 Å². The summed E-state index contributed by atoms with van der Waals surface area (Å²) in [5.41, 5.74) is 5.13. The van der Waals surface area contributed by atoms with Gasteiger partial charge >= 0.3 is 0 Å². The third-order valence-electron chi connectivity index (χ3n) is 5.18. The van der Waals surface area contributed by atoms with E-state index in [0.29, 0.717) is 6.54 Å². The number of aromatic nitrogens is 3. The van der Waals surface area contributed by atoms with Crippen LogP contribution in [0, 0.1) is 5.82 Å². The zero-order chi connectivity index (χ0) is 23.3. The van der Waals surface area contributed by atoms with E-state index in [1.54, 1.807) is 24.5 Å². The van der Waals surface area contributed by atoms with E-state index >= 15 is 0 Å². The molecule has 0 amide bonds. The highest BCUT2D eigenvalue weighted by atomic mass is 32.2. The van der Waals surface area contributed by atoms with Crippen LogP contribution in [0.15, 0.2) is 79.3 Å². The highest BCUT2D eigenvalue weighted by Crippen LogP contribution is 2.32. The highest BCUT2D eigenvalue weighted by Gasteiger charge is 2.13. The van der Waals surface area contributed by atoms with Crippen molar-refractivity contribution in [1.29, 1.82) is 0 Å². The van der Waals surface area contributed by atoms with Crippen molar-refractivity contribution in [2.75, 3.05) is 24.7 Å². The summed E-state index contributed by atoms with van der Waals surface area (Å²) >= 11 is 0. The van der Waals surface area contributed by atoms with Gasteiger partial charge < -0.3 is 5.32 Å². The normalized spacial score (nSPS) is 11.5. The molecule has 33 heavy (non-hydrogen) atoms. The molecule has 0 saturated heterocycles. The quantitative estimate of drug-likeness (QED) is 0.393. The predicted molar refractivity (Wildman–Crippen MR) is 128 cm³/mol. The molecule has 2 N–H and O–H groups in total. The Hall–Kier alpha value is -3.56. The zero-order valence-corrected chi connectivity index (χ0v) is 18.9. The number of hydrogen-bond donors (Lipinski definition) is 2. The third kappa shape index (κ3) is 5.82. The number of anilines is 1. The molecule has 0 fully saturated rings. The molecular weight excluding hydrogens is 441 g/mol. The van der Waals surface area contributed by atoms with Gasteiger partial charge in [-0.15, -0.1) is 0 Å². The molecule has 0 unspecified atom stereocenters. The minimum atomic E-state index is -3.33. The maximum Gasteiger partial charge on any atom is 0.213 e. The Kier molecular flexibility index (Phi) is 6.81. The van der Waals surface area contributed by atoms with Crippen LogP contribution in [-0.4, -0.2) is 42.5 Å². The molecule has 0 aliphatic carbocycles. The van der Waals surface area contributed by atoms with E-state index in [1.165, 1.54) is 19.2 Å². The van der Waals surface area contributed by atoms with Crippen LogP contribution in [0.25, 0.3) is 22.4 Å². The second-order valence-electron chi connectivity index (χ2n) is 7.48. The van der Waals surface area contributed by atoms with Crippen LogP contribution in [0.4, 0.5) is 10.1 Å². The molecule has 4 aromatic rings. The number of nitrogens with zero attached hydrogens (tertiary/aromatic N) is 3. The van der Waals surface area contributed by atoms with Crippen LogP contribution < -0.4 is 10.0 Å². The van der Waals surface area contributed by atoms with Crippen LogP contribution in [0.2, 0.25) is 0 Å². The fourth-order valence-electron chi connectivity index (χ4n) is 3.43. The Bertz CT molecular complexity index is 1320. The zero-order valence-electron chi connectivity index (χ0n) is 18.1. The molecule has 0 bridgehead atoms. The van der Waals surface area contributed by atoms with Crippen molar-refractivity contribution >= 4 is 15.7 Å². The molecule has 2 heterocycles. The third-order valence-corrected chi connectivity index (χ3v) is 6.54. The first-order chi connectivity index (χ1) is 15.9. The van der Waals surface area contributed by atoms with E-state index in [9.17, 15) is 12.8 Å². The van der Waals surface area contributed by atoms with Gasteiger partial charge in [-0.3, -0.25) is 9.67 Å². The average molecular weight is 466 g/mol. The number of pyridine rings is 1. The van der Waals surface area contributed by atoms with E-state index in [4.69, 9.17) is 5.10 Å². The standard InChI is InChI=1S/C24H24FN5O2S/c1-26-33(31,32)14-12-28-23-9-6-20(19-4-7-21(25)8-5-19)15-22(23)24-10-13-30(29-24)17-18-3-2-11-27-16-18/h2-11,13,15-16,26,28H,12,14,17H2,1H3. The van der Waals surface area contributed by atoms with Gasteiger partial charge in [0.15, 0.2) is 0 Å². The molecule has 0 aliphatic heterocycles. The fraction of sp³-hybridized carbons (Fsp3) is 0.167. The second-order valence-corrected chi connectivity index (χ2v) is 9.52. The van der Waals surface area contributed by atoms with Crippen molar-refractivity contribution in [2.45, 2.75) is 6.54 Å².